The molecule has 7 aromatic rings. The van der Waals surface area contributed by atoms with Crippen LogP contribution < -0.4 is 0 Å². The topological polar surface area (TPSA) is 91.5 Å². The van der Waals surface area contributed by atoms with Gasteiger partial charge in [-0.2, -0.15) is 0 Å². The summed E-state index contributed by atoms with van der Waals surface area (Å²) in [6, 6.07) is 42.4. The van der Waals surface area contributed by atoms with Gasteiger partial charge in [0.05, 0.1) is 22.8 Å². The zero-order valence-corrected chi connectivity index (χ0v) is 39.8. The summed E-state index contributed by atoms with van der Waals surface area (Å²) in [5, 5.41) is 0.176. The maximum atomic E-state index is 12.0. The number of aromatic nitrogens is 4. The first-order valence-corrected chi connectivity index (χ1v) is 23.4. The zero-order chi connectivity index (χ0) is 41.3. The van der Waals surface area contributed by atoms with Crippen molar-refractivity contribution < 1.29 is 26.1 Å². The molecule has 11 heteroatoms. The van der Waals surface area contributed by atoms with E-state index >= 15 is 0 Å². The number of H-pyrrole nitrogens is 2. The second-order valence-electron chi connectivity index (χ2n) is 14.5. The number of fused-ring (bicyclic) bond motifs is 8. The Morgan fingerprint density at radius 3 is 1.10 bits per heavy atom. The van der Waals surface area contributed by atoms with Gasteiger partial charge in [0.25, 0.3) is 0 Å². The monoisotopic (exact) mass is 1100 g/mol. The van der Waals surface area contributed by atoms with E-state index in [-0.39, 0.29) is 26.7 Å². The van der Waals surface area contributed by atoms with Crippen LogP contribution in [0.25, 0.3) is 90.9 Å². The van der Waals surface area contributed by atoms with Gasteiger partial charge in [-0.3, -0.25) is 9.59 Å². The van der Waals surface area contributed by atoms with Crippen molar-refractivity contribution in [2.45, 2.75) is 25.4 Å². The van der Waals surface area contributed by atoms with E-state index in [1.165, 1.54) is 23.5 Å². The van der Waals surface area contributed by atoms with Crippen LogP contribution in [0, 0.1) is 7.14 Å². The number of benzene rings is 4. The molecule has 0 radical (unpaired) electrons. The minimum atomic E-state index is 0. The molecular weight excluding hydrogens is 1070 g/mol. The van der Waals surface area contributed by atoms with Crippen molar-refractivity contribution in [3.05, 3.63) is 162 Å². The summed E-state index contributed by atoms with van der Waals surface area (Å²) in [6.07, 6.45) is 8.43. The molecule has 0 saturated heterocycles. The summed E-state index contributed by atoms with van der Waals surface area (Å²) >= 11 is 7.36. The minimum absolute atomic E-state index is 0. The fourth-order valence-corrected chi connectivity index (χ4v) is 9.90. The summed E-state index contributed by atoms with van der Waals surface area (Å²) in [5.41, 5.74) is 17.1. The van der Waals surface area contributed by atoms with Crippen LogP contribution in [0.3, 0.4) is 0 Å². The van der Waals surface area contributed by atoms with Gasteiger partial charge < -0.3 is 9.97 Å². The molecule has 6 nitrogen and oxygen atoms in total. The third kappa shape index (κ3) is 9.46. The average Bonchev–Trinajstić information content (AvgIpc) is 4.08. The molecule has 0 aliphatic carbocycles. The first kappa shape index (κ1) is 43.1. The van der Waals surface area contributed by atoms with E-state index in [0.717, 1.165) is 108 Å². The van der Waals surface area contributed by atoms with E-state index < -0.39 is 0 Å². The van der Waals surface area contributed by atoms with Crippen LogP contribution in [0.1, 0.15) is 47.8 Å². The van der Waals surface area contributed by atoms with Crippen molar-refractivity contribution in [3.8, 4) is 44.5 Å². The Morgan fingerprint density at radius 2 is 0.787 bits per heavy atom. The summed E-state index contributed by atoms with van der Waals surface area (Å²) in [5.74, 6) is 1.17. The zero-order valence-electron chi connectivity index (χ0n) is 32.9. The van der Waals surface area contributed by atoms with Gasteiger partial charge in [-0.1, -0.05) is 96.3 Å². The molecule has 0 spiro atoms. The van der Waals surface area contributed by atoms with E-state index in [0.29, 0.717) is 11.5 Å². The molecule has 2 aliphatic rings. The summed E-state index contributed by atoms with van der Waals surface area (Å²) < 4.78 is 2.24. The van der Waals surface area contributed by atoms with Crippen molar-refractivity contribution in [3.63, 3.8) is 0 Å². The molecule has 0 fully saturated rings. The third-order valence-corrected chi connectivity index (χ3v) is 13.4. The van der Waals surface area contributed by atoms with Crippen LogP contribution >= 0.6 is 68.7 Å². The Labute approximate surface area is 399 Å². The smallest absolute Gasteiger partial charge is 0.186 e. The van der Waals surface area contributed by atoms with E-state index in [2.05, 4.69) is 201 Å². The fourth-order valence-electron chi connectivity index (χ4n) is 7.71. The van der Waals surface area contributed by atoms with Crippen molar-refractivity contribution in [2.75, 3.05) is 0 Å². The standard InChI is InChI=1S/C50H36I2N4O2S2.Ni/c1-29(57)59-27-31-7-3-9-33(23-31)47-39-15-19-43(53-39)49(35-11-5-13-37(51)25-35)45-21-17-41(55-45)48(34-10-4-8-32(24-34)28-60-30(2)58)42-18-22-46(56-42)50(44-20-16-40(47)54-44)36-12-6-14-38(52)26-36;/h3-26,53,56H,27-28H2,1-2H3;. The van der Waals surface area contributed by atoms with Crippen LogP contribution in [0.2, 0.25) is 0 Å². The van der Waals surface area contributed by atoms with Gasteiger partial charge in [0.1, 0.15) is 0 Å². The summed E-state index contributed by atoms with van der Waals surface area (Å²) in [4.78, 5) is 42.5. The molecule has 2 aliphatic heterocycles. The van der Waals surface area contributed by atoms with E-state index in [1.807, 2.05) is 0 Å². The summed E-state index contributed by atoms with van der Waals surface area (Å²) in [7, 11) is 0. The SMILES string of the molecule is CC(=O)SCc1cccc(-c2c3nc(c(-c4cccc(I)c4)c4ccc([nH]4)c(-c4cccc(CSC(C)=O)c4)c4nc(c(-c5cccc(I)c5)c5ccc2[nH]5)C=C4)C=C3)c1.[Ni]. The Kier molecular flexibility index (Phi) is 13.3. The quantitative estimate of drug-likeness (QED) is 0.116. The van der Waals surface area contributed by atoms with Crippen LogP contribution in [0.4, 0.5) is 0 Å². The first-order chi connectivity index (χ1) is 29.2. The Hall–Kier alpha value is -4.53. The van der Waals surface area contributed by atoms with Gasteiger partial charge in [0.2, 0.25) is 0 Å². The van der Waals surface area contributed by atoms with Gasteiger partial charge in [-0.25, -0.2) is 9.97 Å². The predicted octanol–water partition coefficient (Wildman–Crippen LogP) is 14.1. The second-order valence-corrected chi connectivity index (χ2v) is 19.3. The maximum Gasteiger partial charge on any atom is 0.186 e. The van der Waals surface area contributed by atoms with Gasteiger partial charge in [-0.15, -0.1) is 0 Å². The fraction of sp³-hybridized carbons (Fsp3) is 0.0800. The van der Waals surface area contributed by atoms with Crippen LogP contribution in [-0.2, 0) is 37.6 Å². The third-order valence-electron chi connectivity index (χ3n) is 10.3. The number of nitrogens with zero attached hydrogens (tertiary/aromatic N) is 2. The number of thioether (sulfide) groups is 2. The molecular formula is C50H36I2N4NiO2S2. The molecule has 3 aromatic heterocycles. The van der Waals surface area contributed by atoms with Gasteiger partial charge in [0.15, 0.2) is 10.2 Å². The average molecular weight is 1100 g/mol. The molecule has 4 aromatic carbocycles. The largest absolute Gasteiger partial charge is 0.354 e. The second kappa shape index (κ2) is 18.8. The first-order valence-electron chi connectivity index (χ1n) is 19.3. The Morgan fingerprint density at radius 1 is 0.475 bits per heavy atom. The van der Waals surface area contributed by atoms with Gasteiger partial charge in [0, 0.05) is 93.3 Å². The normalized spacial score (nSPS) is 11.7. The molecule has 2 N–H and O–H groups in total. The maximum absolute atomic E-state index is 12.0. The van der Waals surface area contributed by atoms with E-state index in [1.54, 1.807) is 13.8 Å². The molecule has 0 atom stereocenters. The van der Waals surface area contributed by atoms with Crippen LogP contribution in [0.5, 0.6) is 0 Å². The minimum Gasteiger partial charge on any atom is -0.354 e. The van der Waals surface area contributed by atoms with Crippen molar-refractivity contribution in [1.82, 2.24) is 19.9 Å². The number of hydrogen-bond donors (Lipinski definition) is 2. The molecule has 5 heterocycles. The van der Waals surface area contributed by atoms with E-state index in [4.69, 9.17) is 9.97 Å². The molecule has 304 valence electrons. The number of halogens is 2. The molecule has 61 heavy (non-hydrogen) atoms. The van der Waals surface area contributed by atoms with Crippen molar-refractivity contribution in [1.29, 1.82) is 0 Å². The number of nitrogens with one attached hydrogen (secondary N) is 2. The van der Waals surface area contributed by atoms with Crippen molar-refractivity contribution in [2.24, 2.45) is 0 Å². The molecule has 8 bridgehead atoms. The number of aromatic amines is 2. The number of carbonyl (C=O) groups excluding carboxylic acids is 2. The number of rotatable bonds is 8. The predicted molar refractivity (Wildman–Crippen MR) is 270 cm³/mol. The summed E-state index contributed by atoms with van der Waals surface area (Å²) in [6.45, 7) is 3.22. The Balaban J connectivity index is 0.00000514. The Bertz CT molecular complexity index is 2910. The molecule has 0 saturated carbocycles. The number of carbonyl (C=O) groups is 2. The molecule has 0 unspecified atom stereocenters. The van der Waals surface area contributed by atoms with Crippen LogP contribution in [0.15, 0.2) is 121 Å². The van der Waals surface area contributed by atoms with Gasteiger partial charge >= 0.3 is 0 Å². The molecule has 9 rings (SSSR count). The molecule has 0 amide bonds. The van der Waals surface area contributed by atoms with E-state index in [9.17, 15) is 9.59 Å². The van der Waals surface area contributed by atoms with Crippen molar-refractivity contribution >= 4 is 125 Å². The van der Waals surface area contributed by atoms with Crippen LogP contribution in [-0.4, -0.2) is 30.2 Å². The van der Waals surface area contributed by atoms with Gasteiger partial charge in [-0.05, 0) is 151 Å². The number of hydrogen-bond acceptors (Lipinski definition) is 6.